The van der Waals surface area contributed by atoms with E-state index in [1.54, 1.807) is 40.8 Å². The number of nitrogens with zero attached hydrogens (tertiary/aromatic N) is 5. The lowest BCUT2D eigenvalue weighted by molar-refractivity contribution is 0.0690. The van der Waals surface area contributed by atoms with Crippen LogP contribution in [-0.4, -0.2) is 48.2 Å². The SMILES string of the molecule is CCn1c([C@H]2CCCN(C(=O)c3nc4ccccc4c(=O)[nH]3)C2)nn(C)c1=O. The highest BCUT2D eigenvalue weighted by Gasteiger charge is 2.30. The number of piperidine rings is 1. The fourth-order valence-electron chi connectivity index (χ4n) is 3.83. The fraction of sp³-hybridized carbons (Fsp3) is 0.421. The van der Waals surface area contributed by atoms with Crippen LogP contribution < -0.4 is 11.2 Å². The van der Waals surface area contributed by atoms with Crippen molar-refractivity contribution in [1.29, 1.82) is 0 Å². The molecule has 1 fully saturated rings. The average molecular weight is 382 g/mol. The monoisotopic (exact) mass is 382 g/mol. The van der Waals surface area contributed by atoms with Gasteiger partial charge in [0.05, 0.1) is 10.9 Å². The second-order valence-corrected chi connectivity index (χ2v) is 7.03. The number of carbonyl (C=O) groups is 1. The quantitative estimate of drug-likeness (QED) is 0.723. The average Bonchev–Trinajstić information content (AvgIpc) is 3.01. The third-order valence-corrected chi connectivity index (χ3v) is 5.24. The fourth-order valence-corrected chi connectivity index (χ4v) is 3.83. The minimum Gasteiger partial charge on any atom is -0.335 e. The smallest absolute Gasteiger partial charge is 0.335 e. The molecule has 28 heavy (non-hydrogen) atoms. The Bertz CT molecular complexity index is 1160. The number of likely N-dealkylation sites (tertiary alicyclic amines) is 1. The number of benzene rings is 1. The number of hydrogen-bond acceptors (Lipinski definition) is 5. The zero-order valence-corrected chi connectivity index (χ0v) is 15.9. The van der Waals surface area contributed by atoms with Crippen LogP contribution in [0.5, 0.6) is 0 Å². The molecule has 1 aliphatic rings. The Morgan fingerprint density at radius 3 is 2.86 bits per heavy atom. The van der Waals surface area contributed by atoms with E-state index >= 15 is 0 Å². The Hall–Kier alpha value is -3.23. The van der Waals surface area contributed by atoms with Gasteiger partial charge < -0.3 is 9.88 Å². The number of aromatic amines is 1. The summed E-state index contributed by atoms with van der Waals surface area (Å²) in [6, 6.07) is 6.94. The standard InChI is InChI=1S/C19H22N6O3/c1-3-25-16(22-23(2)19(25)28)12-7-6-10-24(11-12)18(27)15-20-14-9-5-4-8-13(14)17(26)21-15/h4-5,8-9,12H,3,6-7,10-11H2,1-2H3,(H,20,21,26)/t12-/m0/s1. The third-order valence-electron chi connectivity index (χ3n) is 5.24. The number of hydrogen-bond donors (Lipinski definition) is 1. The molecule has 1 aromatic carbocycles. The van der Waals surface area contributed by atoms with Crippen molar-refractivity contribution in [3.05, 3.63) is 56.8 Å². The summed E-state index contributed by atoms with van der Waals surface area (Å²) in [4.78, 5) is 46.1. The predicted octanol–water partition coefficient (Wildman–Crippen LogP) is 0.858. The molecule has 1 aliphatic heterocycles. The van der Waals surface area contributed by atoms with Gasteiger partial charge in [0.1, 0.15) is 5.82 Å². The number of aromatic nitrogens is 5. The molecule has 0 radical (unpaired) electrons. The van der Waals surface area contributed by atoms with Crippen LogP contribution in [0.25, 0.3) is 10.9 Å². The normalized spacial score (nSPS) is 17.2. The molecule has 0 saturated carbocycles. The van der Waals surface area contributed by atoms with E-state index in [2.05, 4.69) is 15.1 Å². The molecule has 1 atom stereocenters. The number of H-pyrrole nitrogens is 1. The molecule has 9 heteroatoms. The summed E-state index contributed by atoms with van der Waals surface area (Å²) < 4.78 is 2.98. The topological polar surface area (TPSA) is 106 Å². The number of aryl methyl sites for hydroxylation is 1. The van der Waals surface area contributed by atoms with E-state index in [1.165, 1.54) is 4.68 Å². The van der Waals surface area contributed by atoms with Crippen LogP contribution in [0.15, 0.2) is 33.9 Å². The number of para-hydroxylation sites is 1. The number of fused-ring (bicyclic) bond motifs is 1. The highest BCUT2D eigenvalue weighted by molar-refractivity contribution is 5.92. The van der Waals surface area contributed by atoms with Crippen LogP contribution in [0.2, 0.25) is 0 Å². The van der Waals surface area contributed by atoms with E-state index in [4.69, 9.17) is 0 Å². The highest BCUT2D eigenvalue weighted by Crippen LogP contribution is 2.25. The Labute approximate surface area is 160 Å². The minimum absolute atomic E-state index is 0.0290. The van der Waals surface area contributed by atoms with Crippen molar-refractivity contribution >= 4 is 16.8 Å². The van der Waals surface area contributed by atoms with Crippen molar-refractivity contribution < 1.29 is 4.79 Å². The van der Waals surface area contributed by atoms with Gasteiger partial charge >= 0.3 is 5.69 Å². The van der Waals surface area contributed by atoms with Gasteiger partial charge in [-0.15, -0.1) is 0 Å². The molecule has 0 bridgehead atoms. The molecule has 1 amide bonds. The maximum Gasteiger partial charge on any atom is 0.345 e. The summed E-state index contributed by atoms with van der Waals surface area (Å²) in [6.45, 7) is 3.45. The molecule has 146 valence electrons. The molecule has 0 spiro atoms. The van der Waals surface area contributed by atoms with E-state index in [1.807, 2.05) is 6.92 Å². The lowest BCUT2D eigenvalue weighted by Gasteiger charge is -2.31. The van der Waals surface area contributed by atoms with Gasteiger partial charge in [-0.25, -0.2) is 14.5 Å². The molecular weight excluding hydrogens is 360 g/mol. The molecule has 1 saturated heterocycles. The summed E-state index contributed by atoms with van der Waals surface area (Å²) in [5.74, 6) is 0.401. The Kier molecular flexibility index (Phi) is 4.58. The second kappa shape index (κ2) is 7.06. The first-order chi connectivity index (χ1) is 13.5. The maximum atomic E-state index is 13.0. The summed E-state index contributed by atoms with van der Waals surface area (Å²) in [7, 11) is 1.63. The largest absolute Gasteiger partial charge is 0.345 e. The van der Waals surface area contributed by atoms with Crippen molar-refractivity contribution in [2.45, 2.75) is 32.2 Å². The van der Waals surface area contributed by atoms with Crippen LogP contribution in [-0.2, 0) is 13.6 Å². The van der Waals surface area contributed by atoms with E-state index < -0.39 is 0 Å². The predicted molar refractivity (Wildman–Crippen MR) is 103 cm³/mol. The number of amides is 1. The number of nitrogens with one attached hydrogen (secondary N) is 1. The molecule has 3 heterocycles. The summed E-state index contributed by atoms with van der Waals surface area (Å²) in [6.07, 6.45) is 1.64. The zero-order valence-electron chi connectivity index (χ0n) is 15.9. The summed E-state index contributed by atoms with van der Waals surface area (Å²) in [5, 5.41) is 4.84. The van der Waals surface area contributed by atoms with E-state index in [0.29, 0.717) is 36.4 Å². The van der Waals surface area contributed by atoms with Crippen LogP contribution in [0.1, 0.15) is 42.1 Å². The van der Waals surface area contributed by atoms with Gasteiger partial charge in [-0.2, -0.15) is 5.10 Å². The highest BCUT2D eigenvalue weighted by atomic mass is 16.2. The van der Waals surface area contributed by atoms with Gasteiger partial charge in [-0.3, -0.25) is 14.2 Å². The molecular formula is C19H22N6O3. The molecule has 0 unspecified atom stereocenters. The van der Waals surface area contributed by atoms with Crippen molar-refractivity contribution in [3.63, 3.8) is 0 Å². The number of rotatable bonds is 3. The first kappa shape index (κ1) is 18.1. The lowest BCUT2D eigenvalue weighted by Crippen LogP contribution is -2.41. The van der Waals surface area contributed by atoms with Gasteiger partial charge in [0, 0.05) is 32.6 Å². The first-order valence-corrected chi connectivity index (χ1v) is 9.41. The summed E-state index contributed by atoms with van der Waals surface area (Å²) >= 11 is 0. The van der Waals surface area contributed by atoms with E-state index in [9.17, 15) is 14.4 Å². The first-order valence-electron chi connectivity index (χ1n) is 9.41. The Morgan fingerprint density at radius 1 is 1.29 bits per heavy atom. The Morgan fingerprint density at radius 2 is 2.07 bits per heavy atom. The van der Waals surface area contributed by atoms with Crippen molar-refractivity contribution in [3.8, 4) is 0 Å². The van der Waals surface area contributed by atoms with Crippen molar-refractivity contribution in [2.24, 2.45) is 7.05 Å². The molecule has 4 rings (SSSR count). The van der Waals surface area contributed by atoms with Gasteiger partial charge in [0.25, 0.3) is 11.5 Å². The molecule has 9 nitrogen and oxygen atoms in total. The van der Waals surface area contributed by atoms with Crippen molar-refractivity contribution in [1.82, 2.24) is 29.2 Å². The summed E-state index contributed by atoms with van der Waals surface area (Å²) in [5.41, 5.74) is 0.0150. The second-order valence-electron chi connectivity index (χ2n) is 7.03. The maximum absolute atomic E-state index is 13.0. The van der Waals surface area contributed by atoms with E-state index in [-0.39, 0.29) is 28.9 Å². The molecule has 0 aliphatic carbocycles. The van der Waals surface area contributed by atoms with Gasteiger partial charge in [-0.1, -0.05) is 12.1 Å². The lowest BCUT2D eigenvalue weighted by atomic mass is 9.97. The molecule has 2 aromatic heterocycles. The third kappa shape index (κ3) is 3.02. The van der Waals surface area contributed by atoms with Crippen LogP contribution in [0.4, 0.5) is 0 Å². The molecule has 1 N–H and O–H groups in total. The zero-order chi connectivity index (χ0) is 19.8. The van der Waals surface area contributed by atoms with E-state index in [0.717, 1.165) is 12.8 Å². The van der Waals surface area contributed by atoms with Crippen LogP contribution in [0, 0.1) is 0 Å². The van der Waals surface area contributed by atoms with Crippen LogP contribution >= 0.6 is 0 Å². The Balaban J connectivity index is 1.63. The van der Waals surface area contributed by atoms with Gasteiger partial charge in [0.15, 0.2) is 5.82 Å². The molecule has 3 aromatic rings. The number of carbonyl (C=O) groups excluding carboxylic acids is 1. The van der Waals surface area contributed by atoms with Crippen molar-refractivity contribution in [2.75, 3.05) is 13.1 Å². The van der Waals surface area contributed by atoms with Crippen LogP contribution in [0.3, 0.4) is 0 Å². The minimum atomic E-state index is -0.327. The van der Waals surface area contributed by atoms with Gasteiger partial charge in [0.2, 0.25) is 0 Å². The van der Waals surface area contributed by atoms with Gasteiger partial charge in [-0.05, 0) is 31.9 Å².